The highest BCUT2D eigenvalue weighted by molar-refractivity contribution is 6.31. The first-order chi connectivity index (χ1) is 8.20. The molecular formula is C12H11ClN2O2. The number of halogens is 1. The number of amides is 1. The maximum Gasteiger partial charge on any atom is 0.248 e. The third-order valence-electron chi connectivity index (χ3n) is 2.63. The number of benzene rings is 1. The largest absolute Gasteiger partial charge is 0.370 e. The van der Waals surface area contributed by atoms with Crippen LogP contribution in [0.25, 0.3) is 0 Å². The molecule has 1 aliphatic rings. The summed E-state index contributed by atoms with van der Waals surface area (Å²) in [5, 5.41) is 9.24. The summed E-state index contributed by atoms with van der Waals surface area (Å²) in [6.07, 6.45) is 0. The molecule has 1 heterocycles. The van der Waals surface area contributed by atoms with Crippen molar-refractivity contribution in [3.8, 4) is 6.07 Å². The van der Waals surface area contributed by atoms with Crippen LogP contribution in [0.15, 0.2) is 18.2 Å². The number of nitrogens with zero attached hydrogens (tertiary/aromatic N) is 2. The molecule has 0 N–H and O–H groups in total. The normalized spacial score (nSPS) is 15.8. The molecule has 1 aromatic rings. The molecule has 1 amide bonds. The van der Waals surface area contributed by atoms with Crippen LogP contribution in [0.1, 0.15) is 11.1 Å². The van der Waals surface area contributed by atoms with Gasteiger partial charge in [-0.2, -0.15) is 5.26 Å². The van der Waals surface area contributed by atoms with Crippen molar-refractivity contribution in [1.82, 2.24) is 4.90 Å². The van der Waals surface area contributed by atoms with Gasteiger partial charge in [-0.05, 0) is 17.7 Å². The highest BCUT2D eigenvalue weighted by Crippen LogP contribution is 2.20. The Balaban J connectivity index is 2.13. The van der Waals surface area contributed by atoms with Gasteiger partial charge in [0.25, 0.3) is 0 Å². The zero-order chi connectivity index (χ0) is 12.3. The molecule has 0 radical (unpaired) electrons. The van der Waals surface area contributed by atoms with Crippen molar-refractivity contribution in [2.75, 3.05) is 19.8 Å². The van der Waals surface area contributed by atoms with Crippen molar-refractivity contribution < 1.29 is 9.53 Å². The summed E-state index contributed by atoms with van der Waals surface area (Å²) in [6, 6.07) is 7.12. The molecule has 2 rings (SSSR count). The van der Waals surface area contributed by atoms with Crippen molar-refractivity contribution in [2.45, 2.75) is 6.54 Å². The topological polar surface area (TPSA) is 53.3 Å². The Labute approximate surface area is 104 Å². The van der Waals surface area contributed by atoms with Crippen LogP contribution in [0, 0.1) is 11.3 Å². The second-order valence-corrected chi connectivity index (χ2v) is 4.19. The quantitative estimate of drug-likeness (QED) is 0.801. The van der Waals surface area contributed by atoms with Gasteiger partial charge in [-0.3, -0.25) is 4.79 Å². The summed E-state index contributed by atoms with van der Waals surface area (Å²) in [7, 11) is 0. The molecule has 0 aliphatic carbocycles. The van der Waals surface area contributed by atoms with E-state index in [1.54, 1.807) is 23.1 Å². The summed E-state index contributed by atoms with van der Waals surface area (Å²) in [5.41, 5.74) is 1.37. The first kappa shape index (κ1) is 11.9. The highest BCUT2D eigenvalue weighted by Gasteiger charge is 2.19. The van der Waals surface area contributed by atoms with E-state index < -0.39 is 0 Å². The smallest absolute Gasteiger partial charge is 0.248 e. The van der Waals surface area contributed by atoms with Crippen LogP contribution < -0.4 is 0 Å². The molecule has 1 aromatic carbocycles. The molecule has 0 unspecified atom stereocenters. The van der Waals surface area contributed by atoms with Crippen molar-refractivity contribution in [3.05, 3.63) is 34.3 Å². The molecule has 0 bridgehead atoms. The average molecular weight is 251 g/mol. The number of rotatable bonds is 2. The predicted molar refractivity (Wildman–Crippen MR) is 62.4 cm³/mol. The van der Waals surface area contributed by atoms with Gasteiger partial charge in [-0.25, -0.2) is 0 Å². The van der Waals surface area contributed by atoms with Gasteiger partial charge in [-0.1, -0.05) is 17.7 Å². The van der Waals surface area contributed by atoms with Crippen LogP contribution in [-0.2, 0) is 16.1 Å². The van der Waals surface area contributed by atoms with Crippen LogP contribution in [0.2, 0.25) is 5.02 Å². The first-order valence-electron chi connectivity index (χ1n) is 5.25. The lowest BCUT2D eigenvalue weighted by Crippen LogP contribution is -2.40. The van der Waals surface area contributed by atoms with Crippen LogP contribution >= 0.6 is 11.6 Å². The van der Waals surface area contributed by atoms with Crippen LogP contribution in [-0.4, -0.2) is 30.6 Å². The summed E-state index contributed by atoms with van der Waals surface area (Å²) < 4.78 is 5.05. The Morgan fingerprint density at radius 2 is 2.35 bits per heavy atom. The lowest BCUT2D eigenvalue weighted by Gasteiger charge is -2.27. The van der Waals surface area contributed by atoms with Gasteiger partial charge in [0, 0.05) is 18.1 Å². The zero-order valence-corrected chi connectivity index (χ0v) is 9.91. The second-order valence-electron chi connectivity index (χ2n) is 3.79. The molecule has 0 spiro atoms. The molecule has 0 aromatic heterocycles. The fraction of sp³-hybridized carbons (Fsp3) is 0.333. The fourth-order valence-electron chi connectivity index (χ4n) is 1.67. The number of morpholine rings is 1. The van der Waals surface area contributed by atoms with Crippen molar-refractivity contribution in [1.29, 1.82) is 5.26 Å². The second kappa shape index (κ2) is 5.17. The highest BCUT2D eigenvalue weighted by atomic mass is 35.5. The van der Waals surface area contributed by atoms with E-state index >= 15 is 0 Å². The Morgan fingerprint density at radius 1 is 1.53 bits per heavy atom. The zero-order valence-electron chi connectivity index (χ0n) is 9.15. The third-order valence-corrected chi connectivity index (χ3v) is 2.98. The number of hydrogen-bond donors (Lipinski definition) is 0. The maximum absolute atomic E-state index is 11.5. The summed E-state index contributed by atoms with van der Waals surface area (Å²) in [5.74, 6) is -0.0309. The molecule has 88 valence electrons. The number of ether oxygens (including phenoxy) is 1. The number of carbonyl (C=O) groups excluding carboxylic acids is 1. The van der Waals surface area contributed by atoms with E-state index in [0.29, 0.717) is 30.3 Å². The van der Waals surface area contributed by atoms with Gasteiger partial charge in [0.1, 0.15) is 6.61 Å². The minimum atomic E-state index is -0.0309. The molecular weight excluding hydrogens is 240 g/mol. The van der Waals surface area contributed by atoms with Gasteiger partial charge < -0.3 is 9.64 Å². The third kappa shape index (κ3) is 2.76. The van der Waals surface area contributed by atoms with Gasteiger partial charge in [0.15, 0.2) is 0 Å². The molecule has 17 heavy (non-hydrogen) atoms. The Hall–Kier alpha value is -1.57. The van der Waals surface area contributed by atoms with Gasteiger partial charge in [0.05, 0.1) is 18.2 Å². The van der Waals surface area contributed by atoms with Crippen molar-refractivity contribution in [2.24, 2.45) is 0 Å². The SMILES string of the molecule is N#Cc1ccc(CN2CCOCC2=O)c(Cl)c1. The van der Waals surface area contributed by atoms with Crippen LogP contribution in [0.4, 0.5) is 0 Å². The molecule has 0 atom stereocenters. The van der Waals surface area contributed by atoms with E-state index in [4.69, 9.17) is 21.6 Å². The first-order valence-corrected chi connectivity index (χ1v) is 5.62. The standard InChI is InChI=1S/C12H11ClN2O2/c13-11-5-9(6-14)1-2-10(11)7-15-3-4-17-8-12(15)16/h1-2,5H,3-4,7-8H2. The van der Waals surface area contributed by atoms with E-state index in [9.17, 15) is 4.79 Å². The van der Waals surface area contributed by atoms with Crippen molar-refractivity contribution >= 4 is 17.5 Å². The molecule has 1 fully saturated rings. The van der Waals surface area contributed by atoms with Gasteiger partial charge >= 0.3 is 0 Å². The van der Waals surface area contributed by atoms with Gasteiger partial charge in [-0.15, -0.1) is 0 Å². The van der Waals surface area contributed by atoms with E-state index in [0.717, 1.165) is 5.56 Å². The molecule has 1 aliphatic heterocycles. The minimum Gasteiger partial charge on any atom is -0.370 e. The van der Waals surface area contributed by atoms with E-state index in [1.807, 2.05) is 6.07 Å². The average Bonchev–Trinajstić information content (AvgIpc) is 2.34. The monoisotopic (exact) mass is 250 g/mol. The van der Waals surface area contributed by atoms with Gasteiger partial charge in [0.2, 0.25) is 5.91 Å². The molecule has 0 saturated carbocycles. The van der Waals surface area contributed by atoms with Crippen LogP contribution in [0.3, 0.4) is 0 Å². The fourth-order valence-corrected chi connectivity index (χ4v) is 1.91. The van der Waals surface area contributed by atoms with Crippen molar-refractivity contribution in [3.63, 3.8) is 0 Å². The van der Waals surface area contributed by atoms with E-state index in [-0.39, 0.29) is 12.5 Å². The number of hydrogen-bond acceptors (Lipinski definition) is 3. The lowest BCUT2D eigenvalue weighted by atomic mass is 10.1. The molecule has 5 heteroatoms. The Bertz CT molecular complexity index is 482. The number of carbonyl (C=O) groups is 1. The summed E-state index contributed by atoms with van der Waals surface area (Å²) >= 11 is 6.05. The lowest BCUT2D eigenvalue weighted by molar-refractivity contribution is -0.143. The summed E-state index contributed by atoms with van der Waals surface area (Å²) in [4.78, 5) is 13.2. The Morgan fingerprint density at radius 3 is 3.00 bits per heavy atom. The number of nitriles is 1. The predicted octanol–water partition coefficient (Wildman–Crippen LogP) is 1.57. The molecule has 1 saturated heterocycles. The minimum absolute atomic E-state index is 0.0309. The summed E-state index contributed by atoms with van der Waals surface area (Å²) in [6.45, 7) is 1.73. The van der Waals surface area contributed by atoms with E-state index in [1.165, 1.54) is 0 Å². The maximum atomic E-state index is 11.5. The van der Waals surface area contributed by atoms with Crippen LogP contribution in [0.5, 0.6) is 0 Å². The molecule has 4 nitrogen and oxygen atoms in total. The van der Waals surface area contributed by atoms with E-state index in [2.05, 4.69) is 0 Å². The Kier molecular flexibility index (Phi) is 3.62.